The number of carbonyl (C=O) groups is 1. The molecule has 1 N–H and O–H groups in total. The quantitative estimate of drug-likeness (QED) is 0.855. The van der Waals surface area contributed by atoms with Gasteiger partial charge >= 0.3 is 0 Å². The summed E-state index contributed by atoms with van der Waals surface area (Å²) in [5.41, 5.74) is 0. The van der Waals surface area contributed by atoms with Crippen LogP contribution in [0.25, 0.3) is 0 Å². The van der Waals surface area contributed by atoms with E-state index in [1.165, 1.54) is 12.8 Å². The van der Waals surface area contributed by atoms with E-state index >= 15 is 0 Å². The first-order chi connectivity index (χ1) is 11.2. The summed E-state index contributed by atoms with van der Waals surface area (Å²) >= 11 is 0. The second-order valence-corrected chi connectivity index (χ2v) is 6.67. The van der Waals surface area contributed by atoms with E-state index in [0.29, 0.717) is 6.54 Å². The first-order valence-corrected chi connectivity index (χ1v) is 8.68. The van der Waals surface area contributed by atoms with Gasteiger partial charge in [-0.3, -0.25) is 9.69 Å². The molecule has 0 bridgehead atoms. The fraction of sp³-hybridized carbons (Fsp3) is 0.812. The Morgan fingerprint density at radius 2 is 2.00 bits per heavy atom. The Morgan fingerprint density at radius 1 is 1.22 bits per heavy atom. The van der Waals surface area contributed by atoms with E-state index in [-0.39, 0.29) is 24.9 Å². The minimum Gasteiger partial charge on any atom is -0.396 e. The average Bonchev–Trinajstić information content (AvgIpc) is 3.19. The van der Waals surface area contributed by atoms with E-state index in [0.717, 1.165) is 50.7 Å². The standard InChI is InChI=1S/C16H27N5O2/c1-19-14(12-20-7-2-3-8-20)17-18-16(19)13-5-4-9-21(11-13)15(23)6-10-22/h13,22H,2-12H2,1H3/t13-/m1/s1. The highest BCUT2D eigenvalue weighted by Gasteiger charge is 2.28. The molecular weight excluding hydrogens is 294 g/mol. The minimum absolute atomic E-state index is 0.0386. The predicted octanol–water partition coefficient (Wildman–Crippen LogP) is 0.499. The van der Waals surface area contributed by atoms with Gasteiger partial charge in [-0.25, -0.2) is 0 Å². The van der Waals surface area contributed by atoms with Crippen LogP contribution in [0.4, 0.5) is 0 Å². The molecule has 1 aromatic rings. The number of carbonyl (C=O) groups excluding carboxylic acids is 1. The van der Waals surface area contributed by atoms with Gasteiger partial charge in [-0.1, -0.05) is 0 Å². The van der Waals surface area contributed by atoms with Crippen LogP contribution in [0.1, 0.15) is 49.7 Å². The number of hydrogen-bond acceptors (Lipinski definition) is 5. The van der Waals surface area contributed by atoms with Crippen LogP contribution in [-0.2, 0) is 18.4 Å². The van der Waals surface area contributed by atoms with E-state index in [1.54, 1.807) is 0 Å². The monoisotopic (exact) mass is 321 g/mol. The normalized spacial score (nSPS) is 22.7. The van der Waals surface area contributed by atoms with Crippen molar-refractivity contribution in [3.05, 3.63) is 11.6 Å². The number of likely N-dealkylation sites (tertiary alicyclic amines) is 2. The topological polar surface area (TPSA) is 74.5 Å². The molecule has 1 amide bonds. The Labute approximate surface area is 137 Å². The van der Waals surface area contributed by atoms with Crippen molar-refractivity contribution >= 4 is 5.91 Å². The summed E-state index contributed by atoms with van der Waals surface area (Å²) in [6, 6.07) is 0. The van der Waals surface area contributed by atoms with E-state index < -0.39 is 0 Å². The number of aliphatic hydroxyl groups excluding tert-OH is 1. The molecule has 1 aromatic heterocycles. The number of nitrogens with zero attached hydrogens (tertiary/aromatic N) is 5. The zero-order valence-corrected chi connectivity index (χ0v) is 13.9. The molecule has 0 spiro atoms. The van der Waals surface area contributed by atoms with E-state index in [4.69, 9.17) is 5.11 Å². The van der Waals surface area contributed by atoms with Crippen LogP contribution in [0.3, 0.4) is 0 Å². The molecule has 0 aliphatic carbocycles. The Balaban J connectivity index is 1.66. The van der Waals surface area contributed by atoms with Gasteiger partial charge in [-0.2, -0.15) is 0 Å². The Kier molecular flexibility index (Phi) is 5.27. The van der Waals surface area contributed by atoms with Crippen LogP contribution < -0.4 is 0 Å². The van der Waals surface area contributed by atoms with Crippen molar-refractivity contribution in [2.24, 2.45) is 7.05 Å². The molecule has 0 unspecified atom stereocenters. The maximum atomic E-state index is 12.0. The van der Waals surface area contributed by atoms with Gasteiger partial charge in [0.1, 0.15) is 11.6 Å². The summed E-state index contributed by atoms with van der Waals surface area (Å²) in [5, 5.41) is 17.8. The highest BCUT2D eigenvalue weighted by atomic mass is 16.3. The molecule has 2 aliphatic heterocycles. The largest absolute Gasteiger partial charge is 0.396 e. The second-order valence-electron chi connectivity index (χ2n) is 6.67. The van der Waals surface area contributed by atoms with Crippen molar-refractivity contribution < 1.29 is 9.90 Å². The molecule has 7 heteroatoms. The molecule has 3 heterocycles. The molecule has 2 fully saturated rings. The number of aliphatic hydroxyl groups is 1. The summed E-state index contributed by atoms with van der Waals surface area (Å²) in [4.78, 5) is 16.3. The van der Waals surface area contributed by atoms with Gasteiger partial charge in [-0.15, -0.1) is 10.2 Å². The molecule has 0 saturated carbocycles. The molecule has 23 heavy (non-hydrogen) atoms. The van der Waals surface area contributed by atoms with Crippen molar-refractivity contribution in [1.29, 1.82) is 0 Å². The molecule has 0 aromatic carbocycles. The lowest BCUT2D eigenvalue weighted by molar-refractivity contribution is -0.133. The lowest BCUT2D eigenvalue weighted by Crippen LogP contribution is -2.40. The lowest BCUT2D eigenvalue weighted by atomic mass is 9.97. The highest BCUT2D eigenvalue weighted by molar-refractivity contribution is 5.76. The molecule has 3 rings (SSSR count). The molecular formula is C16H27N5O2. The van der Waals surface area contributed by atoms with Crippen LogP contribution in [-0.4, -0.2) is 68.4 Å². The number of rotatable bonds is 5. The van der Waals surface area contributed by atoms with Crippen LogP contribution in [0.5, 0.6) is 0 Å². The zero-order valence-electron chi connectivity index (χ0n) is 13.9. The summed E-state index contributed by atoms with van der Waals surface area (Å²) in [6.45, 7) is 4.56. The number of amides is 1. The molecule has 7 nitrogen and oxygen atoms in total. The lowest BCUT2D eigenvalue weighted by Gasteiger charge is -2.32. The first-order valence-electron chi connectivity index (χ1n) is 8.68. The predicted molar refractivity (Wildman–Crippen MR) is 85.8 cm³/mol. The SMILES string of the molecule is Cn1c(CN2CCCC2)nnc1[C@@H]1CCCN(C(=O)CCO)C1. The third-order valence-electron chi connectivity index (χ3n) is 5.03. The maximum absolute atomic E-state index is 12.0. The fourth-order valence-electron chi connectivity index (χ4n) is 3.68. The zero-order chi connectivity index (χ0) is 16.2. The second kappa shape index (κ2) is 7.40. The van der Waals surface area contributed by atoms with Crippen molar-refractivity contribution in [1.82, 2.24) is 24.6 Å². The van der Waals surface area contributed by atoms with Gasteiger partial charge in [0.2, 0.25) is 5.91 Å². The maximum Gasteiger partial charge on any atom is 0.224 e. The van der Waals surface area contributed by atoms with Gasteiger partial charge in [0.15, 0.2) is 0 Å². The van der Waals surface area contributed by atoms with Crippen molar-refractivity contribution in [3.63, 3.8) is 0 Å². The van der Waals surface area contributed by atoms with Gasteiger partial charge in [-0.05, 0) is 38.8 Å². The van der Waals surface area contributed by atoms with E-state index in [9.17, 15) is 4.79 Å². The third-order valence-corrected chi connectivity index (χ3v) is 5.03. The Hall–Kier alpha value is -1.47. The Morgan fingerprint density at radius 3 is 2.74 bits per heavy atom. The van der Waals surface area contributed by atoms with E-state index in [1.807, 2.05) is 11.9 Å². The number of hydrogen-bond donors (Lipinski definition) is 1. The van der Waals surface area contributed by atoms with Gasteiger partial charge in [0.05, 0.1) is 13.2 Å². The summed E-state index contributed by atoms with van der Waals surface area (Å²) in [5.74, 6) is 2.29. The van der Waals surface area contributed by atoms with Gasteiger partial charge in [0, 0.05) is 32.5 Å². The molecule has 0 radical (unpaired) electrons. The van der Waals surface area contributed by atoms with Gasteiger partial charge in [0.25, 0.3) is 0 Å². The highest BCUT2D eigenvalue weighted by Crippen LogP contribution is 2.26. The molecule has 1 atom stereocenters. The van der Waals surface area contributed by atoms with Crippen molar-refractivity contribution in [2.45, 2.75) is 44.6 Å². The number of piperidine rings is 1. The Bertz CT molecular complexity index is 539. The molecule has 2 aliphatic rings. The third kappa shape index (κ3) is 3.72. The molecule has 2 saturated heterocycles. The summed E-state index contributed by atoms with van der Waals surface area (Å²) < 4.78 is 2.11. The van der Waals surface area contributed by atoms with Crippen LogP contribution >= 0.6 is 0 Å². The fourth-order valence-corrected chi connectivity index (χ4v) is 3.68. The summed E-state index contributed by atoms with van der Waals surface area (Å²) in [7, 11) is 2.04. The van der Waals surface area contributed by atoms with Crippen molar-refractivity contribution in [2.75, 3.05) is 32.8 Å². The van der Waals surface area contributed by atoms with E-state index in [2.05, 4.69) is 19.7 Å². The minimum atomic E-state index is -0.0794. The van der Waals surface area contributed by atoms with Crippen molar-refractivity contribution in [3.8, 4) is 0 Å². The van der Waals surface area contributed by atoms with Gasteiger partial charge < -0.3 is 14.6 Å². The van der Waals surface area contributed by atoms with Crippen LogP contribution in [0.2, 0.25) is 0 Å². The smallest absolute Gasteiger partial charge is 0.224 e. The van der Waals surface area contributed by atoms with Crippen LogP contribution in [0, 0.1) is 0 Å². The first kappa shape index (κ1) is 16.4. The average molecular weight is 321 g/mol. The summed E-state index contributed by atoms with van der Waals surface area (Å²) in [6.07, 6.45) is 4.78. The molecule has 128 valence electrons. The number of aromatic nitrogens is 3. The van der Waals surface area contributed by atoms with Crippen LogP contribution in [0.15, 0.2) is 0 Å².